The van der Waals surface area contributed by atoms with Gasteiger partial charge in [-0.15, -0.1) is 0 Å². The number of nitrogens with two attached hydrogens (primary N) is 1. The van der Waals surface area contributed by atoms with Crippen LogP contribution in [0, 0.1) is 11.3 Å². The number of primary amides is 1. The molecule has 0 aromatic heterocycles. The number of halogens is 3. The molecule has 1 amide bonds. The molecule has 0 saturated carbocycles. The Morgan fingerprint density at radius 2 is 2.16 bits per heavy atom. The molecule has 0 radical (unpaired) electrons. The second kappa shape index (κ2) is 3.96. The van der Waals surface area contributed by atoms with E-state index in [0.29, 0.717) is 0 Å². The lowest BCUT2D eigenvalue weighted by Gasteiger charge is -2.10. The number of hydrogen-bond donors (Lipinski definition) is 1. The van der Waals surface area contributed by atoms with E-state index in [1.807, 2.05) is 0 Å². The number of nitrogens with zero attached hydrogens (tertiary/aromatic N) is 1. The average Bonchev–Trinajstić information content (AvgIpc) is 3.01. The number of ether oxygens (including phenoxy) is 1. The number of hydrogen-bond acceptors (Lipinski definition) is 3. The van der Waals surface area contributed by atoms with E-state index in [1.54, 1.807) is 0 Å². The molecular formula is C12H9F3N2O2. The van der Waals surface area contributed by atoms with E-state index in [9.17, 15) is 18.0 Å². The molecule has 100 valence electrons. The van der Waals surface area contributed by atoms with Gasteiger partial charge in [-0.05, 0) is 24.6 Å². The van der Waals surface area contributed by atoms with E-state index >= 15 is 0 Å². The van der Waals surface area contributed by atoms with Crippen molar-refractivity contribution in [3.8, 4) is 6.07 Å². The molecular weight excluding hydrogens is 261 g/mol. The van der Waals surface area contributed by atoms with Gasteiger partial charge in [0.2, 0.25) is 0 Å². The molecule has 0 aliphatic carbocycles. The first-order chi connectivity index (χ1) is 8.70. The SMILES string of the molecule is CC1(C(N)=O)OC1c1ccc(C#N)c(C(F)(F)F)c1. The minimum atomic E-state index is -4.64. The third kappa shape index (κ3) is 2.15. The summed E-state index contributed by atoms with van der Waals surface area (Å²) in [5.41, 5.74) is 2.47. The Kier molecular flexibility index (Phi) is 2.79. The highest BCUT2D eigenvalue weighted by atomic mass is 19.4. The van der Waals surface area contributed by atoms with Gasteiger partial charge < -0.3 is 10.5 Å². The fourth-order valence-corrected chi connectivity index (χ4v) is 1.84. The first-order valence-electron chi connectivity index (χ1n) is 5.29. The van der Waals surface area contributed by atoms with Crippen molar-refractivity contribution in [1.29, 1.82) is 5.26 Å². The van der Waals surface area contributed by atoms with Crippen LogP contribution in [-0.2, 0) is 15.7 Å². The molecule has 1 heterocycles. The maximum Gasteiger partial charge on any atom is 0.417 e. The summed E-state index contributed by atoms with van der Waals surface area (Å²) in [5, 5.41) is 8.66. The van der Waals surface area contributed by atoms with Crippen LogP contribution in [0.1, 0.15) is 29.7 Å². The molecule has 19 heavy (non-hydrogen) atoms. The van der Waals surface area contributed by atoms with Gasteiger partial charge in [0.15, 0.2) is 5.60 Å². The molecule has 4 nitrogen and oxygen atoms in total. The third-order valence-corrected chi connectivity index (χ3v) is 3.07. The summed E-state index contributed by atoms with van der Waals surface area (Å²) in [4.78, 5) is 11.1. The maximum absolute atomic E-state index is 12.8. The summed E-state index contributed by atoms with van der Waals surface area (Å²) in [5.74, 6) is -0.740. The molecule has 7 heteroatoms. The Bertz CT molecular complexity index is 592. The summed E-state index contributed by atoms with van der Waals surface area (Å²) in [6, 6.07) is 4.68. The number of carbonyl (C=O) groups excluding carboxylic acids is 1. The van der Waals surface area contributed by atoms with Crippen LogP contribution in [0.2, 0.25) is 0 Å². The smallest absolute Gasteiger partial charge is 0.367 e. The quantitative estimate of drug-likeness (QED) is 0.833. The zero-order valence-corrected chi connectivity index (χ0v) is 9.78. The number of rotatable bonds is 2. The minimum absolute atomic E-state index is 0.174. The highest BCUT2D eigenvalue weighted by Crippen LogP contribution is 2.50. The van der Waals surface area contributed by atoms with E-state index in [1.165, 1.54) is 19.1 Å². The predicted octanol–water partition coefficient (Wildman–Crippen LogP) is 1.89. The van der Waals surface area contributed by atoms with Crippen molar-refractivity contribution in [2.45, 2.75) is 24.8 Å². The van der Waals surface area contributed by atoms with Crippen LogP contribution < -0.4 is 5.73 Å². The van der Waals surface area contributed by atoms with Gasteiger partial charge in [0.25, 0.3) is 5.91 Å². The molecule has 0 spiro atoms. The second-order valence-corrected chi connectivity index (χ2v) is 4.38. The first-order valence-corrected chi connectivity index (χ1v) is 5.29. The van der Waals surface area contributed by atoms with Gasteiger partial charge in [-0.3, -0.25) is 4.79 Å². The van der Waals surface area contributed by atoms with Gasteiger partial charge in [-0.2, -0.15) is 18.4 Å². The molecule has 1 aliphatic heterocycles. The van der Waals surface area contributed by atoms with Crippen LogP contribution in [-0.4, -0.2) is 11.5 Å². The zero-order chi connectivity index (χ0) is 14.4. The molecule has 1 aromatic rings. The van der Waals surface area contributed by atoms with Crippen LogP contribution in [0.5, 0.6) is 0 Å². The van der Waals surface area contributed by atoms with Crippen molar-refractivity contribution in [3.63, 3.8) is 0 Å². The molecule has 2 atom stereocenters. The number of nitriles is 1. The van der Waals surface area contributed by atoms with E-state index in [0.717, 1.165) is 12.1 Å². The standard InChI is InChI=1S/C12H9F3N2O2/c1-11(10(17)18)9(19-11)6-2-3-7(5-16)8(4-6)12(13,14)15/h2-4,9H,1H3,(H2,17,18). The Hall–Kier alpha value is -2.07. The lowest BCUT2D eigenvalue weighted by Crippen LogP contribution is -2.29. The van der Waals surface area contributed by atoms with E-state index in [2.05, 4.69) is 0 Å². The van der Waals surface area contributed by atoms with Crippen LogP contribution in [0.15, 0.2) is 18.2 Å². The fourth-order valence-electron chi connectivity index (χ4n) is 1.84. The van der Waals surface area contributed by atoms with Crippen LogP contribution in [0.25, 0.3) is 0 Å². The van der Waals surface area contributed by atoms with E-state index < -0.39 is 34.9 Å². The summed E-state index contributed by atoms with van der Waals surface area (Å²) in [6.07, 6.45) is -5.45. The molecule has 1 fully saturated rings. The number of amides is 1. The Morgan fingerprint density at radius 1 is 1.53 bits per heavy atom. The first kappa shape index (κ1) is 13.4. The third-order valence-electron chi connectivity index (χ3n) is 3.07. The van der Waals surface area contributed by atoms with Crippen molar-refractivity contribution in [1.82, 2.24) is 0 Å². The molecule has 1 saturated heterocycles. The highest BCUT2D eigenvalue weighted by Gasteiger charge is 2.58. The lowest BCUT2D eigenvalue weighted by molar-refractivity contribution is -0.137. The largest absolute Gasteiger partial charge is 0.417 e. The summed E-state index contributed by atoms with van der Waals surface area (Å²) >= 11 is 0. The molecule has 2 rings (SSSR count). The number of alkyl halides is 3. The van der Waals surface area contributed by atoms with Gasteiger partial charge >= 0.3 is 6.18 Å². The molecule has 1 aromatic carbocycles. The Balaban J connectivity index is 2.42. The lowest BCUT2D eigenvalue weighted by atomic mass is 9.96. The number of benzene rings is 1. The normalized spacial score (nSPS) is 25.7. The maximum atomic E-state index is 12.8. The van der Waals surface area contributed by atoms with Gasteiger partial charge in [0, 0.05) is 0 Å². The van der Waals surface area contributed by atoms with Crippen LogP contribution in [0.3, 0.4) is 0 Å². The van der Waals surface area contributed by atoms with Crippen LogP contribution >= 0.6 is 0 Å². The average molecular weight is 270 g/mol. The molecule has 1 aliphatic rings. The van der Waals surface area contributed by atoms with E-state index in [-0.39, 0.29) is 5.56 Å². The monoisotopic (exact) mass is 270 g/mol. The summed E-state index contributed by atoms with van der Waals surface area (Å²) < 4.78 is 43.4. The predicted molar refractivity (Wildman–Crippen MR) is 57.6 cm³/mol. The van der Waals surface area contributed by atoms with Gasteiger partial charge in [-0.25, -0.2) is 0 Å². The van der Waals surface area contributed by atoms with Crippen molar-refractivity contribution >= 4 is 5.91 Å². The Labute approximate surface area is 106 Å². The molecule has 2 N–H and O–H groups in total. The molecule has 0 bridgehead atoms. The zero-order valence-electron chi connectivity index (χ0n) is 9.78. The van der Waals surface area contributed by atoms with Gasteiger partial charge in [0.1, 0.15) is 6.10 Å². The second-order valence-electron chi connectivity index (χ2n) is 4.38. The summed E-state index contributed by atoms with van der Waals surface area (Å²) in [6.45, 7) is 1.41. The van der Waals surface area contributed by atoms with Gasteiger partial charge in [-0.1, -0.05) is 6.07 Å². The van der Waals surface area contributed by atoms with Crippen molar-refractivity contribution in [2.24, 2.45) is 5.73 Å². The van der Waals surface area contributed by atoms with Crippen molar-refractivity contribution in [3.05, 3.63) is 34.9 Å². The van der Waals surface area contributed by atoms with Crippen LogP contribution in [0.4, 0.5) is 13.2 Å². The molecule has 2 unspecified atom stereocenters. The summed E-state index contributed by atoms with van der Waals surface area (Å²) in [7, 11) is 0. The van der Waals surface area contributed by atoms with Gasteiger partial charge in [0.05, 0.1) is 17.2 Å². The fraction of sp³-hybridized carbons (Fsp3) is 0.333. The van der Waals surface area contributed by atoms with E-state index in [4.69, 9.17) is 15.7 Å². The number of carbonyl (C=O) groups is 1. The van der Waals surface area contributed by atoms with Crippen molar-refractivity contribution < 1.29 is 22.7 Å². The number of epoxide rings is 1. The van der Waals surface area contributed by atoms with Crippen molar-refractivity contribution in [2.75, 3.05) is 0 Å². The topological polar surface area (TPSA) is 79.4 Å². The highest BCUT2D eigenvalue weighted by molar-refractivity contribution is 5.86. The Morgan fingerprint density at radius 3 is 2.58 bits per heavy atom. The minimum Gasteiger partial charge on any atom is -0.367 e.